The van der Waals surface area contributed by atoms with Gasteiger partial charge in [-0.25, -0.2) is 0 Å². The summed E-state index contributed by atoms with van der Waals surface area (Å²) in [5.41, 5.74) is 1.26. The summed E-state index contributed by atoms with van der Waals surface area (Å²) >= 11 is 0. The van der Waals surface area contributed by atoms with Gasteiger partial charge in [-0.3, -0.25) is 0 Å². The fourth-order valence-electron chi connectivity index (χ4n) is 3.25. The van der Waals surface area contributed by atoms with Crippen molar-refractivity contribution in [3.8, 4) is 17.1 Å². The maximum absolute atomic E-state index is 5.48. The molecule has 21 heavy (non-hydrogen) atoms. The number of halogens is 1. The quantitative estimate of drug-likeness (QED) is 0.944. The molecular weight excluding hydrogens is 290 g/mol. The fourth-order valence-corrected chi connectivity index (χ4v) is 3.25. The monoisotopic (exact) mass is 307 g/mol. The van der Waals surface area contributed by atoms with Gasteiger partial charge in [-0.1, -0.05) is 17.3 Å². The van der Waals surface area contributed by atoms with Crippen LogP contribution in [0.1, 0.15) is 24.7 Å². The summed E-state index contributed by atoms with van der Waals surface area (Å²) in [5, 5.41) is 7.55. The Bertz CT molecular complexity index is 637. The molecule has 1 aromatic carbocycles. The summed E-state index contributed by atoms with van der Waals surface area (Å²) in [7, 11) is 1.65. The lowest BCUT2D eigenvalue weighted by Gasteiger charge is -2.03. The zero-order valence-electron chi connectivity index (χ0n) is 11.8. The smallest absolute Gasteiger partial charge is 0.230 e. The van der Waals surface area contributed by atoms with Crippen molar-refractivity contribution in [1.82, 2.24) is 15.5 Å². The third-order valence-corrected chi connectivity index (χ3v) is 4.55. The van der Waals surface area contributed by atoms with Crippen molar-refractivity contribution < 1.29 is 9.26 Å². The van der Waals surface area contributed by atoms with E-state index in [1.165, 1.54) is 6.42 Å². The van der Waals surface area contributed by atoms with Gasteiger partial charge in [0.2, 0.25) is 11.7 Å². The van der Waals surface area contributed by atoms with Crippen LogP contribution < -0.4 is 10.1 Å². The van der Waals surface area contributed by atoms with Gasteiger partial charge in [0.1, 0.15) is 5.75 Å². The Morgan fingerprint density at radius 3 is 3.00 bits per heavy atom. The summed E-state index contributed by atoms with van der Waals surface area (Å²) in [6, 6.07) is 7.74. The molecule has 6 heteroatoms. The summed E-state index contributed by atoms with van der Waals surface area (Å²) < 4.78 is 10.8. The molecule has 1 saturated carbocycles. The van der Waals surface area contributed by atoms with Gasteiger partial charge in [0.25, 0.3) is 0 Å². The van der Waals surface area contributed by atoms with Crippen molar-refractivity contribution in [3.05, 3.63) is 30.2 Å². The molecule has 1 N–H and O–H groups in total. The van der Waals surface area contributed by atoms with Crippen LogP contribution in [0.15, 0.2) is 28.8 Å². The van der Waals surface area contributed by atoms with Gasteiger partial charge in [0.15, 0.2) is 0 Å². The minimum atomic E-state index is 0. The zero-order chi connectivity index (χ0) is 13.6. The first kappa shape index (κ1) is 14.4. The Labute approximate surface area is 129 Å². The maximum atomic E-state index is 5.48. The van der Waals surface area contributed by atoms with Crippen LogP contribution in [-0.2, 0) is 0 Å². The minimum absolute atomic E-state index is 0. The number of hydrogen-bond acceptors (Lipinski definition) is 5. The van der Waals surface area contributed by atoms with Gasteiger partial charge < -0.3 is 14.6 Å². The van der Waals surface area contributed by atoms with Gasteiger partial charge in [0.05, 0.1) is 12.7 Å². The lowest BCUT2D eigenvalue weighted by Crippen LogP contribution is -2.10. The molecule has 0 radical (unpaired) electrons. The molecule has 2 aliphatic rings. The van der Waals surface area contributed by atoms with Crippen molar-refractivity contribution in [2.24, 2.45) is 5.41 Å². The number of methoxy groups -OCH3 is 1. The number of ether oxygens (including phenoxy) is 1. The summed E-state index contributed by atoms with van der Waals surface area (Å²) in [4.78, 5) is 4.58. The van der Waals surface area contributed by atoms with E-state index in [0.29, 0.717) is 17.2 Å². The van der Waals surface area contributed by atoms with Crippen molar-refractivity contribution in [2.75, 3.05) is 20.2 Å². The van der Waals surface area contributed by atoms with Gasteiger partial charge in [0, 0.05) is 12.5 Å². The highest BCUT2D eigenvalue weighted by Gasteiger charge is 2.58. The lowest BCUT2D eigenvalue weighted by molar-refractivity contribution is 0.363. The maximum Gasteiger partial charge on any atom is 0.230 e. The van der Waals surface area contributed by atoms with Crippen LogP contribution in [0.25, 0.3) is 11.4 Å². The van der Waals surface area contributed by atoms with E-state index in [0.717, 1.165) is 36.7 Å². The molecule has 1 spiro atoms. The van der Waals surface area contributed by atoms with Crippen LogP contribution in [0, 0.1) is 5.41 Å². The van der Waals surface area contributed by atoms with Crippen molar-refractivity contribution >= 4 is 12.4 Å². The molecule has 2 aromatic rings. The molecule has 4 rings (SSSR count). The number of para-hydroxylation sites is 1. The first-order chi connectivity index (χ1) is 9.82. The van der Waals surface area contributed by atoms with Crippen LogP contribution in [-0.4, -0.2) is 30.3 Å². The third kappa shape index (κ3) is 2.30. The van der Waals surface area contributed by atoms with Crippen LogP contribution in [0.4, 0.5) is 0 Å². The molecular formula is C15H18ClN3O2. The SMILES string of the molecule is COc1ccccc1-c1noc(C2CC23CCNC3)n1.Cl. The largest absolute Gasteiger partial charge is 0.496 e. The molecule has 0 amide bonds. The Morgan fingerprint density at radius 1 is 1.38 bits per heavy atom. The van der Waals surface area contributed by atoms with Crippen LogP contribution >= 0.6 is 12.4 Å². The number of rotatable bonds is 3. The molecule has 2 unspecified atom stereocenters. The number of aromatic nitrogens is 2. The van der Waals surface area contributed by atoms with E-state index in [9.17, 15) is 0 Å². The van der Waals surface area contributed by atoms with Crippen molar-refractivity contribution in [1.29, 1.82) is 0 Å². The highest BCUT2D eigenvalue weighted by atomic mass is 35.5. The Hall–Kier alpha value is -1.59. The van der Waals surface area contributed by atoms with Crippen LogP contribution in [0.2, 0.25) is 0 Å². The normalized spacial score (nSPS) is 26.6. The van der Waals surface area contributed by atoms with Crippen molar-refractivity contribution in [2.45, 2.75) is 18.8 Å². The first-order valence-electron chi connectivity index (χ1n) is 7.00. The van der Waals surface area contributed by atoms with E-state index in [1.54, 1.807) is 7.11 Å². The zero-order valence-corrected chi connectivity index (χ0v) is 12.7. The number of nitrogens with zero attached hydrogens (tertiary/aromatic N) is 2. The minimum Gasteiger partial charge on any atom is -0.496 e. The third-order valence-electron chi connectivity index (χ3n) is 4.55. The molecule has 1 aromatic heterocycles. The molecule has 2 heterocycles. The average molecular weight is 308 g/mol. The van der Waals surface area contributed by atoms with Gasteiger partial charge in [-0.2, -0.15) is 4.98 Å². The van der Waals surface area contributed by atoms with Gasteiger partial charge >= 0.3 is 0 Å². The van der Waals surface area contributed by atoms with E-state index in [4.69, 9.17) is 9.26 Å². The highest BCUT2D eigenvalue weighted by Crippen LogP contribution is 2.62. The summed E-state index contributed by atoms with van der Waals surface area (Å²) in [5.74, 6) is 2.58. The van der Waals surface area contributed by atoms with E-state index >= 15 is 0 Å². The predicted molar refractivity (Wildman–Crippen MR) is 80.8 cm³/mol. The number of benzene rings is 1. The lowest BCUT2D eigenvalue weighted by atomic mass is 10.0. The topological polar surface area (TPSA) is 60.2 Å². The molecule has 112 valence electrons. The second-order valence-corrected chi connectivity index (χ2v) is 5.70. The second-order valence-electron chi connectivity index (χ2n) is 5.70. The van der Waals surface area contributed by atoms with Crippen LogP contribution in [0.3, 0.4) is 0 Å². The van der Waals surface area contributed by atoms with E-state index < -0.39 is 0 Å². The molecule has 1 saturated heterocycles. The standard InChI is InChI=1S/C15H17N3O2.ClH/c1-19-12-5-3-2-4-10(12)13-17-14(20-18-13)11-8-15(11)6-7-16-9-15;/h2-5,11,16H,6-9H2,1H3;1H. The van der Waals surface area contributed by atoms with E-state index in [2.05, 4.69) is 15.5 Å². The molecule has 2 fully saturated rings. The summed E-state index contributed by atoms with van der Waals surface area (Å²) in [6.07, 6.45) is 2.37. The average Bonchev–Trinajstić information content (AvgIpc) is 2.86. The fraction of sp³-hybridized carbons (Fsp3) is 0.467. The van der Waals surface area contributed by atoms with E-state index in [1.807, 2.05) is 24.3 Å². The van der Waals surface area contributed by atoms with Crippen molar-refractivity contribution in [3.63, 3.8) is 0 Å². The van der Waals surface area contributed by atoms with Gasteiger partial charge in [-0.05, 0) is 36.9 Å². The first-order valence-corrected chi connectivity index (χ1v) is 7.00. The Morgan fingerprint density at radius 2 is 2.24 bits per heavy atom. The molecule has 0 bridgehead atoms. The summed E-state index contributed by atoms with van der Waals surface area (Å²) in [6.45, 7) is 2.17. The Kier molecular flexibility index (Phi) is 3.63. The number of hydrogen-bond donors (Lipinski definition) is 1. The van der Waals surface area contributed by atoms with Crippen LogP contribution in [0.5, 0.6) is 5.75 Å². The molecule has 1 aliphatic carbocycles. The predicted octanol–water partition coefficient (Wildman–Crippen LogP) is 2.63. The second kappa shape index (κ2) is 5.31. The molecule has 2 atom stereocenters. The van der Waals surface area contributed by atoms with Gasteiger partial charge in [-0.15, -0.1) is 12.4 Å². The highest BCUT2D eigenvalue weighted by molar-refractivity contribution is 5.85. The molecule has 5 nitrogen and oxygen atoms in total. The molecule has 1 aliphatic heterocycles. The number of nitrogens with one attached hydrogen (secondary N) is 1. The Balaban J connectivity index is 0.00000132. The van der Waals surface area contributed by atoms with E-state index in [-0.39, 0.29) is 12.4 Å².